The monoisotopic (exact) mass is 616 g/mol. The number of halogens is 1. The summed E-state index contributed by atoms with van der Waals surface area (Å²) in [6.45, 7) is 10.8. The van der Waals surface area contributed by atoms with Gasteiger partial charge in [0.2, 0.25) is 0 Å². The van der Waals surface area contributed by atoms with Crippen molar-refractivity contribution in [2.24, 2.45) is 5.92 Å². The van der Waals surface area contributed by atoms with Gasteiger partial charge in [-0.05, 0) is 93.2 Å². The van der Waals surface area contributed by atoms with Crippen LogP contribution in [0.3, 0.4) is 0 Å². The second-order valence-corrected chi connectivity index (χ2v) is 10.3. The molecule has 1 aromatic carbocycles. The van der Waals surface area contributed by atoms with Gasteiger partial charge in [-0.15, -0.1) is 0 Å². The Morgan fingerprint density at radius 1 is 1.11 bits per heavy atom. The molecule has 1 fully saturated rings. The van der Waals surface area contributed by atoms with Gasteiger partial charge in [0.25, 0.3) is 0 Å². The highest BCUT2D eigenvalue weighted by Crippen LogP contribution is 2.37. The Hall–Kier alpha value is -2.14. The Morgan fingerprint density at radius 3 is 2.44 bits per heavy atom. The summed E-state index contributed by atoms with van der Waals surface area (Å²) in [7, 11) is 0. The minimum Gasteiger partial charge on any atom is -0.490 e. The van der Waals surface area contributed by atoms with E-state index in [9.17, 15) is 14.4 Å². The predicted octanol–water partition coefficient (Wildman–Crippen LogP) is 5.60. The molecule has 2 rings (SSSR count). The van der Waals surface area contributed by atoms with Crippen molar-refractivity contribution in [2.45, 2.75) is 78.1 Å². The number of esters is 3. The molecule has 0 aliphatic heterocycles. The first-order valence-corrected chi connectivity index (χ1v) is 13.4. The Bertz CT molecular complexity index is 922. The minimum atomic E-state index is -0.783. The summed E-state index contributed by atoms with van der Waals surface area (Å²) < 4.78 is 28.5. The number of hydrogen-bond acceptors (Lipinski definition) is 8. The van der Waals surface area contributed by atoms with Crippen LogP contribution in [-0.4, -0.2) is 49.6 Å². The predicted molar refractivity (Wildman–Crippen MR) is 143 cm³/mol. The number of benzene rings is 1. The van der Waals surface area contributed by atoms with Crippen molar-refractivity contribution in [1.29, 1.82) is 0 Å². The fourth-order valence-corrected chi connectivity index (χ4v) is 4.33. The number of carbonyl (C=O) groups is 3. The summed E-state index contributed by atoms with van der Waals surface area (Å²) in [4.78, 5) is 36.6. The third-order valence-corrected chi connectivity index (χ3v) is 6.81. The maximum absolute atomic E-state index is 13.0. The smallest absolute Gasteiger partial charge is 0.342 e. The molecule has 36 heavy (non-hydrogen) atoms. The molecule has 1 aliphatic carbocycles. The largest absolute Gasteiger partial charge is 0.490 e. The normalized spacial score (nSPS) is 16.0. The van der Waals surface area contributed by atoms with Gasteiger partial charge >= 0.3 is 17.9 Å². The van der Waals surface area contributed by atoms with E-state index in [4.69, 9.17) is 23.7 Å². The number of ether oxygens (including phenoxy) is 5. The van der Waals surface area contributed by atoms with Crippen LogP contribution in [0.4, 0.5) is 0 Å². The molecule has 0 amide bonds. The highest BCUT2D eigenvalue weighted by molar-refractivity contribution is 14.1. The summed E-state index contributed by atoms with van der Waals surface area (Å²) in [5.41, 5.74) is 0.311. The first-order valence-electron chi connectivity index (χ1n) is 12.4. The van der Waals surface area contributed by atoms with Gasteiger partial charge in [-0.2, -0.15) is 0 Å². The molecule has 9 heteroatoms. The van der Waals surface area contributed by atoms with Gasteiger partial charge in [0, 0.05) is 9.14 Å². The average Bonchev–Trinajstić information content (AvgIpc) is 3.31. The molecule has 2 atom stereocenters. The van der Waals surface area contributed by atoms with Crippen LogP contribution in [0.2, 0.25) is 0 Å². The van der Waals surface area contributed by atoms with Gasteiger partial charge in [-0.25, -0.2) is 9.59 Å². The Balaban J connectivity index is 1.79. The Morgan fingerprint density at radius 2 is 1.81 bits per heavy atom. The lowest BCUT2D eigenvalue weighted by Crippen LogP contribution is -2.31. The Kier molecular flexibility index (Phi) is 12.2. The molecule has 8 nitrogen and oxygen atoms in total. The van der Waals surface area contributed by atoms with Crippen LogP contribution in [0.15, 0.2) is 30.4 Å². The summed E-state index contributed by atoms with van der Waals surface area (Å²) in [6.07, 6.45) is 4.25. The van der Waals surface area contributed by atoms with E-state index in [0.29, 0.717) is 23.3 Å². The van der Waals surface area contributed by atoms with Gasteiger partial charge in [0.1, 0.15) is 23.5 Å². The van der Waals surface area contributed by atoms with Crippen molar-refractivity contribution in [3.05, 3.63) is 39.5 Å². The number of rotatable bonds is 14. The van der Waals surface area contributed by atoms with E-state index in [2.05, 4.69) is 36.1 Å². The standard InChI is InChI=1S/C27H37IO8/c1-6-27(12-7-8-13-27)36-26(31)22-17-21(28)9-10-23(22)33-16-15-32-20(5)35-25(30)19(4)11-14-34-24(29)18(2)3/h9-10,17,19-20H,2,6-8,11-16H2,1,3-5H3. The maximum Gasteiger partial charge on any atom is 0.342 e. The van der Waals surface area contributed by atoms with Crippen LogP contribution in [-0.2, 0) is 28.5 Å². The lowest BCUT2D eigenvalue weighted by atomic mass is 9.98. The fraction of sp³-hybridized carbons (Fsp3) is 0.593. The maximum atomic E-state index is 13.0. The highest BCUT2D eigenvalue weighted by atomic mass is 127. The molecule has 0 heterocycles. The van der Waals surface area contributed by atoms with Crippen LogP contribution in [0.5, 0.6) is 5.75 Å². The zero-order chi connectivity index (χ0) is 26.7. The topological polar surface area (TPSA) is 97.4 Å². The third kappa shape index (κ3) is 9.38. The molecule has 0 aromatic heterocycles. The Labute approximate surface area is 227 Å². The van der Waals surface area contributed by atoms with Crippen molar-refractivity contribution < 1.29 is 38.1 Å². The second-order valence-electron chi connectivity index (χ2n) is 9.10. The van der Waals surface area contributed by atoms with E-state index in [1.807, 2.05) is 6.07 Å². The molecule has 1 saturated carbocycles. The highest BCUT2D eigenvalue weighted by Gasteiger charge is 2.36. The van der Waals surface area contributed by atoms with Crippen LogP contribution < -0.4 is 4.74 Å². The van der Waals surface area contributed by atoms with Crippen molar-refractivity contribution >= 4 is 40.5 Å². The summed E-state index contributed by atoms with van der Waals surface area (Å²) in [5.74, 6) is -1.35. The molecule has 0 radical (unpaired) electrons. The minimum absolute atomic E-state index is 0.102. The van der Waals surface area contributed by atoms with E-state index in [-0.39, 0.29) is 31.4 Å². The summed E-state index contributed by atoms with van der Waals surface area (Å²) in [5, 5.41) is 0. The molecule has 0 saturated heterocycles. The number of hydrogen-bond donors (Lipinski definition) is 0. The van der Waals surface area contributed by atoms with Crippen LogP contribution in [0.1, 0.15) is 76.6 Å². The zero-order valence-corrected chi connectivity index (χ0v) is 23.8. The quantitative estimate of drug-likeness (QED) is 0.0666. The van der Waals surface area contributed by atoms with Crippen molar-refractivity contribution in [3.8, 4) is 5.75 Å². The number of carbonyl (C=O) groups excluding carboxylic acids is 3. The van der Waals surface area contributed by atoms with E-state index in [0.717, 1.165) is 35.7 Å². The van der Waals surface area contributed by atoms with Gasteiger partial charge in [0.05, 0.1) is 19.1 Å². The van der Waals surface area contributed by atoms with E-state index in [1.165, 1.54) is 0 Å². The molecular formula is C27H37IO8. The van der Waals surface area contributed by atoms with Gasteiger partial charge in [-0.1, -0.05) is 20.4 Å². The molecule has 0 N–H and O–H groups in total. The van der Waals surface area contributed by atoms with E-state index in [1.54, 1.807) is 32.9 Å². The molecule has 200 valence electrons. The molecule has 0 bridgehead atoms. The molecule has 0 spiro atoms. The lowest BCUT2D eigenvalue weighted by Gasteiger charge is -2.28. The first kappa shape index (κ1) is 30.1. The average molecular weight is 616 g/mol. The van der Waals surface area contributed by atoms with Crippen LogP contribution in [0.25, 0.3) is 0 Å². The third-order valence-electron chi connectivity index (χ3n) is 6.14. The van der Waals surface area contributed by atoms with Crippen molar-refractivity contribution in [2.75, 3.05) is 19.8 Å². The molecule has 2 unspecified atom stereocenters. The SMILES string of the molecule is C=C(C)C(=O)OCCC(C)C(=O)OC(C)OCCOc1ccc(I)cc1C(=O)OC1(CC)CCCC1. The second kappa shape index (κ2) is 14.6. The van der Waals surface area contributed by atoms with Gasteiger partial charge in [0.15, 0.2) is 6.29 Å². The molecule has 1 aliphatic rings. The van der Waals surface area contributed by atoms with Gasteiger partial charge in [-0.3, -0.25) is 4.79 Å². The summed E-state index contributed by atoms with van der Waals surface area (Å²) in [6, 6.07) is 5.37. The van der Waals surface area contributed by atoms with Crippen molar-refractivity contribution in [3.63, 3.8) is 0 Å². The van der Waals surface area contributed by atoms with Crippen molar-refractivity contribution in [1.82, 2.24) is 0 Å². The lowest BCUT2D eigenvalue weighted by molar-refractivity contribution is -0.180. The van der Waals surface area contributed by atoms with Crippen LogP contribution >= 0.6 is 22.6 Å². The van der Waals surface area contributed by atoms with Gasteiger partial charge < -0.3 is 23.7 Å². The summed E-state index contributed by atoms with van der Waals surface area (Å²) >= 11 is 2.15. The molecular weight excluding hydrogens is 579 g/mol. The first-order chi connectivity index (χ1) is 17.1. The molecule has 1 aromatic rings. The van der Waals surface area contributed by atoms with Crippen LogP contribution in [0, 0.1) is 9.49 Å². The fourth-order valence-electron chi connectivity index (χ4n) is 3.84. The van der Waals surface area contributed by atoms with E-state index >= 15 is 0 Å². The zero-order valence-electron chi connectivity index (χ0n) is 21.6. The van der Waals surface area contributed by atoms with E-state index < -0.39 is 24.1 Å².